The average molecular weight is 419 g/mol. The molecule has 8 heteroatoms. The maximum Gasteiger partial charge on any atom is 0.317 e. The van der Waals surface area contributed by atoms with Crippen molar-refractivity contribution in [3.05, 3.63) is 47.5 Å². The number of rotatable bonds is 8. The van der Waals surface area contributed by atoms with E-state index in [-0.39, 0.29) is 13.1 Å². The summed E-state index contributed by atoms with van der Waals surface area (Å²) in [6.07, 6.45) is -0.980. The second-order valence-electron chi connectivity index (χ2n) is 7.21. The summed E-state index contributed by atoms with van der Waals surface area (Å²) in [6.45, 7) is 4.64. The number of carboxylic acid groups (broad SMARTS) is 1. The van der Waals surface area contributed by atoms with Crippen molar-refractivity contribution in [3.63, 3.8) is 0 Å². The molecule has 2 aromatic rings. The van der Waals surface area contributed by atoms with Gasteiger partial charge < -0.3 is 20.2 Å². The van der Waals surface area contributed by atoms with E-state index in [1.807, 2.05) is 50.2 Å². The van der Waals surface area contributed by atoms with Crippen molar-refractivity contribution in [2.75, 3.05) is 31.1 Å². The van der Waals surface area contributed by atoms with Gasteiger partial charge in [0, 0.05) is 19.6 Å². The minimum absolute atomic E-state index is 0.123. The maximum atomic E-state index is 13.1. The highest BCUT2D eigenvalue weighted by Gasteiger charge is 2.29. The minimum atomic E-state index is -1.59. The highest BCUT2D eigenvalue weighted by molar-refractivity contribution is 7.85. The summed E-state index contributed by atoms with van der Waals surface area (Å²) in [4.78, 5) is 16.2. The summed E-state index contributed by atoms with van der Waals surface area (Å²) in [6, 6.07) is 11.5. The second-order valence-corrected chi connectivity index (χ2v) is 8.62. The van der Waals surface area contributed by atoms with E-state index in [1.165, 1.54) is 4.90 Å². The lowest BCUT2D eigenvalue weighted by Gasteiger charge is -2.35. The van der Waals surface area contributed by atoms with E-state index in [9.17, 15) is 19.2 Å². The molecule has 7 nitrogen and oxygen atoms in total. The summed E-state index contributed by atoms with van der Waals surface area (Å²) in [7, 11) is -1.26. The summed E-state index contributed by atoms with van der Waals surface area (Å²) >= 11 is 0. The van der Waals surface area contributed by atoms with Crippen LogP contribution in [-0.4, -0.2) is 62.9 Å². The van der Waals surface area contributed by atoms with E-state index in [1.54, 1.807) is 0 Å². The lowest BCUT2D eigenvalue weighted by Crippen LogP contribution is -2.38. The number of para-hydroxylation sites is 1. The zero-order chi connectivity index (χ0) is 21.1. The molecule has 1 aliphatic rings. The number of hydrogen-bond acceptors (Lipinski definition) is 6. The minimum Gasteiger partial charge on any atom is -0.480 e. The fourth-order valence-corrected chi connectivity index (χ4v) is 5.12. The van der Waals surface area contributed by atoms with Gasteiger partial charge in [-0.25, -0.2) is 4.21 Å². The quantitative estimate of drug-likeness (QED) is 0.564. The molecule has 0 bridgehead atoms. The molecule has 2 aromatic carbocycles. The highest BCUT2D eigenvalue weighted by Crippen LogP contribution is 2.44. The molecular weight excluding hydrogens is 392 g/mol. The van der Waals surface area contributed by atoms with E-state index in [2.05, 4.69) is 4.90 Å². The van der Waals surface area contributed by atoms with Gasteiger partial charge in [0.25, 0.3) is 0 Å². The van der Waals surface area contributed by atoms with Gasteiger partial charge >= 0.3 is 5.97 Å². The predicted octanol–water partition coefficient (Wildman–Crippen LogP) is 2.01. The van der Waals surface area contributed by atoms with E-state index in [0.29, 0.717) is 19.5 Å². The molecule has 0 aliphatic carbocycles. The molecule has 3 rings (SSSR count). The van der Waals surface area contributed by atoms with Crippen molar-refractivity contribution in [1.29, 1.82) is 0 Å². The number of benzene rings is 2. The summed E-state index contributed by atoms with van der Waals surface area (Å²) < 4.78 is 13.1. The number of anilines is 2. The fourth-order valence-electron chi connectivity index (χ4n) is 3.68. The molecule has 156 valence electrons. The van der Waals surface area contributed by atoms with Crippen molar-refractivity contribution in [2.24, 2.45) is 0 Å². The van der Waals surface area contributed by atoms with Crippen LogP contribution in [-0.2, 0) is 15.6 Å². The SMILES string of the molecule is Cc1ccc2c(c1C)N(CCCN(CC(=O)O)CC(O)O)c1ccccc1S2=O. The molecule has 1 atom stereocenters. The van der Waals surface area contributed by atoms with Gasteiger partial charge in [-0.05, 0) is 49.6 Å². The first-order valence-electron chi connectivity index (χ1n) is 9.48. The van der Waals surface area contributed by atoms with Gasteiger partial charge in [0.05, 0.1) is 38.5 Å². The topological polar surface area (TPSA) is 101 Å². The largest absolute Gasteiger partial charge is 0.480 e. The summed E-state index contributed by atoms with van der Waals surface area (Å²) in [5.41, 5.74) is 4.01. The number of hydrogen-bond donors (Lipinski definition) is 3. The van der Waals surface area contributed by atoms with Crippen molar-refractivity contribution in [2.45, 2.75) is 36.3 Å². The van der Waals surface area contributed by atoms with Gasteiger partial charge in [0.1, 0.15) is 0 Å². The Kier molecular flexibility index (Phi) is 6.69. The van der Waals surface area contributed by atoms with Crippen molar-refractivity contribution in [3.8, 4) is 0 Å². The van der Waals surface area contributed by atoms with Gasteiger partial charge in [-0.1, -0.05) is 18.2 Å². The summed E-state index contributed by atoms with van der Waals surface area (Å²) in [5.74, 6) is -1.01. The van der Waals surface area contributed by atoms with Crippen LogP contribution < -0.4 is 4.90 Å². The molecule has 0 aromatic heterocycles. The Labute approximate surface area is 172 Å². The van der Waals surface area contributed by atoms with Gasteiger partial charge in [0.15, 0.2) is 6.29 Å². The molecule has 0 amide bonds. The number of aliphatic hydroxyl groups excluding tert-OH is 1. The molecule has 1 unspecified atom stereocenters. The van der Waals surface area contributed by atoms with Gasteiger partial charge in [-0.2, -0.15) is 0 Å². The third-order valence-corrected chi connectivity index (χ3v) is 6.60. The van der Waals surface area contributed by atoms with Crippen LogP contribution in [0, 0.1) is 13.8 Å². The smallest absolute Gasteiger partial charge is 0.317 e. The number of carbonyl (C=O) groups is 1. The van der Waals surface area contributed by atoms with Crippen molar-refractivity contribution in [1.82, 2.24) is 4.90 Å². The van der Waals surface area contributed by atoms with Crippen LogP contribution in [0.4, 0.5) is 11.4 Å². The van der Waals surface area contributed by atoms with Gasteiger partial charge in [0.2, 0.25) is 0 Å². The molecule has 3 N–H and O–H groups in total. The first-order chi connectivity index (χ1) is 13.8. The summed E-state index contributed by atoms with van der Waals surface area (Å²) in [5, 5.41) is 27.5. The number of aryl methyl sites for hydroxylation is 1. The maximum absolute atomic E-state index is 13.1. The zero-order valence-electron chi connectivity index (χ0n) is 16.5. The Hall–Kier alpha value is -2.26. The average Bonchev–Trinajstić information content (AvgIpc) is 2.66. The van der Waals surface area contributed by atoms with Crippen molar-refractivity contribution < 1.29 is 24.3 Å². The van der Waals surface area contributed by atoms with Crippen LogP contribution in [0.3, 0.4) is 0 Å². The molecule has 29 heavy (non-hydrogen) atoms. The lowest BCUT2D eigenvalue weighted by atomic mass is 10.1. The first-order valence-corrected chi connectivity index (χ1v) is 10.6. The van der Waals surface area contributed by atoms with E-state index in [0.717, 1.165) is 32.3 Å². The normalized spacial score (nSPS) is 15.5. The third kappa shape index (κ3) is 4.67. The van der Waals surface area contributed by atoms with Crippen molar-refractivity contribution >= 4 is 28.1 Å². The van der Waals surface area contributed by atoms with Crippen LogP contribution in [0.2, 0.25) is 0 Å². The van der Waals surface area contributed by atoms with Crippen LogP contribution in [0.1, 0.15) is 17.5 Å². The molecular formula is C21H26N2O5S. The second kappa shape index (κ2) is 9.04. The van der Waals surface area contributed by atoms with E-state index in [4.69, 9.17) is 5.11 Å². The van der Waals surface area contributed by atoms with Gasteiger partial charge in [-0.15, -0.1) is 0 Å². The van der Waals surface area contributed by atoms with E-state index >= 15 is 0 Å². The Morgan fingerprint density at radius 2 is 1.86 bits per heavy atom. The standard InChI is InChI=1S/C21H26N2O5S/c1-14-8-9-18-21(15(14)2)23(16-6-3-4-7-17(16)29(18)28)11-5-10-22(12-19(24)25)13-20(26)27/h3-4,6-9,19,24-25H,5,10-13H2,1-2H3,(H,26,27). The number of aliphatic carboxylic acids is 1. The Morgan fingerprint density at radius 3 is 2.55 bits per heavy atom. The lowest BCUT2D eigenvalue weighted by molar-refractivity contribution is -0.139. The van der Waals surface area contributed by atoms with Crippen LogP contribution >= 0.6 is 0 Å². The fraction of sp³-hybridized carbons (Fsp3) is 0.381. The Morgan fingerprint density at radius 1 is 1.14 bits per heavy atom. The molecule has 0 saturated heterocycles. The molecule has 0 fully saturated rings. The molecule has 1 heterocycles. The van der Waals surface area contributed by atoms with E-state index < -0.39 is 23.1 Å². The molecule has 0 saturated carbocycles. The van der Waals surface area contributed by atoms with Crippen LogP contribution in [0.15, 0.2) is 46.2 Å². The number of nitrogens with zero attached hydrogens (tertiary/aromatic N) is 2. The highest BCUT2D eigenvalue weighted by atomic mass is 32.2. The van der Waals surface area contributed by atoms with Crippen LogP contribution in [0.5, 0.6) is 0 Å². The predicted molar refractivity (Wildman–Crippen MR) is 111 cm³/mol. The number of aliphatic hydroxyl groups is 2. The number of carboxylic acids is 1. The third-order valence-electron chi connectivity index (χ3n) is 5.13. The van der Waals surface area contributed by atoms with Crippen LogP contribution in [0.25, 0.3) is 0 Å². The molecule has 0 spiro atoms. The molecule has 1 aliphatic heterocycles. The zero-order valence-corrected chi connectivity index (χ0v) is 17.4. The Bertz CT molecular complexity index is 931. The Balaban J connectivity index is 1.87. The first kappa shape index (κ1) is 21.4. The molecule has 0 radical (unpaired) electrons. The van der Waals surface area contributed by atoms with Gasteiger partial charge in [-0.3, -0.25) is 9.69 Å². The number of fused-ring (bicyclic) bond motifs is 2. The monoisotopic (exact) mass is 418 g/mol.